The third kappa shape index (κ3) is 4.38. The first-order valence-corrected chi connectivity index (χ1v) is 4.04. The molecule has 1 unspecified atom stereocenters. The van der Waals surface area contributed by atoms with Gasteiger partial charge in [0.25, 0.3) is 0 Å². The molecule has 0 spiro atoms. The molecular weight excluding hydrogens is 122 g/mol. The van der Waals surface area contributed by atoms with Crippen LogP contribution in [0.2, 0.25) is 0 Å². The molecule has 57 valence electrons. The van der Waals surface area contributed by atoms with E-state index in [2.05, 4.69) is 19.9 Å². The summed E-state index contributed by atoms with van der Waals surface area (Å²) in [6.07, 6.45) is 5.46. The SMILES string of the molecule is [CH2]CC(C#N)CCCCC. The molecule has 0 aromatic carbocycles. The van der Waals surface area contributed by atoms with Crippen molar-refractivity contribution < 1.29 is 0 Å². The Bertz CT molecular complexity index is 102. The van der Waals surface area contributed by atoms with Gasteiger partial charge in [0.2, 0.25) is 0 Å². The van der Waals surface area contributed by atoms with Crippen molar-refractivity contribution in [3.05, 3.63) is 6.92 Å². The number of hydrogen-bond donors (Lipinski definition) is 0. The highest BCUT2D eigenvalue weighted by molar-refractivity contribution is 4.82. The van der Waals surface area contributed by atoms with Gasteiger partial charge >= 0.3 is 0 Å². The molecule has 0 rings (SSSR count). The van der Waals surface area contributed by atoms with E-state index in [0.29, 0.717) is 0 Å². The Morgan fingerprint density at radius 3 is 2.60 bits per heavy atom. The van der Waals surface area contributed by atoms with Gasteiger partial charge < -0.3 is 0 Å². The normalized spacial score (nSPS) is 12.5. The van der Waals surface area contributed by atoms with Gasteiger partial charge in [-0.05, 0) is 12.8 Å². The molecular formula is C9H16N. The van der Waals surface area contributed by atoms with Gasteiger partial charge in [-0.15, -0.1) is 0 Å². The topological polar surface area (TPSA) is 23.8 Å². The maximum Gasteiger partial charge on any atom is 0.0655 e. The summed E-state index contributed by atoms with van der Waals surface area (Å²) in [5.74, 6) is 0.201. The molecule has 1 heteroatoms. The maximum atomic E-state index is 8.54. The Morgan fingerprint density at radius 2 is 2.20 bits per heavy atom. The Labute approximate surface area is 64.1 Å². The number of hydrogen-bond acceptors (Lipinski definition) is 1. The fourth-order valence-corrected chi connectivity index (χ4v) is 0.914. The van der Waals surface area contributed by atoms with E-state index >= 15 is 0 Å². The Morgan fingerprint density at radius 1 is 1.50 bits per heavy atom. The largest absolute Gasteiger partial charge is 0.198 e. The van der Waals surface area contributed by atoms with Crippen molar-refractivity contribution in [1.29, 1.82) is 5.26 Å². The first-order valence-electron chi connectivity index (χ1n) is 4.04. The van der Waals surface area contributed by atoms with E-state index in [1.54, 1.807) is 0 Å². The van der Waals surface area contributed by atoms with E-state index in [1.807, 2.05) is 0 Å². The van der Waals surface area contributed by atoms with Gasteiger partial charge in [0, 0.05) is 5.92 Å². The summed E-state index contributed by atoms with van der Waals surface area (Å²) in [6.45, 7) is 5.89. The van der Waals surface area contributed by atoms with Crippen molar-refractivity contribution >= 4 is 0 Å². The molecule has 0 saturated heterocycles. The maximum absolute atomic E-state index is 8.54. The third-order valence-corrected chi connectivity index (χ3v) is 1.69. The summed E-state index contributed by atoms with van der Waals surface area (Å²) in [5, 5.41) is 8.54. The molecule has 0 heterocycles. The number of nitriles is 1. The minimum absolute atomic E-state index is 0.201. The molecule has 1 radical (unpaired) electrons. The summed E-state index contributed by atoms with van der Waals surface area (Å²) < 4.78 is 0. The lowest BCUT2D eigenvalue weighted by Gasteiger charge is -2.02. The van der Waals surface area contributed by atoms with Crippen molar-refractivity contribution in [2.75, 3.05) is 0 Å². The van der Waals surface area contributed by atoms with Crippen molar-refractivity contribution in [2.45, 2.75) is 39.0 Å². The molecule has 0 amide bonds. The van der Waals surface area contributed by atoms with Crippen LogP contribution in [0.15, 0.2) is 0 Å². The van der Waals surface area contributed by atoms with E-state index in [-0.39, 0.29) is 5.92 Å². The predicted molar refractivity (Wildman–Crippen MR) is 43.2 cm³/mol. The lowest BCUT2D eigenvalue weighted by Crippen LogP contribution is -1.93. The van der Waals surface area contributed by atoms with Gasteiger partial charge in [-0.1, -0.05) is 33.1 Å². The van der Waals surface area contributed by atoms with Gasteiger partial charge in [-0.2, -0.15) is 5.26 Å². The smallest absolute Gasteiger partial charge is 0.0655 e. The molecule has 10 heavy (non-hydrogen) atoms. The van der Waals surface area contributed by atoms with E-state index in [0.717, 1.165) is 12.8 Å². The number of unbranched alkanes of at least 4 members (excludes halogenated alkanes) is 2. The zero-order chi connectivity index (χ0) is 7.82. The average molecular weight is 138 g/mol. The lowest BCUT2D eigenvalue weighted by atomic mass is 10.0. The van der Waals surface area contributed by atoms with Crippen LogP contribution in [0.3, 0.4) is 0 Å². The highest BCUT2D eigenvalue weighted by Gasteiger charge is 2.01. The molecule has 0 aromatic heterocycles. The van der Waals surface area contributed by atoms with Crippen molar-refractivity contribution in [3.8, 4) is 6.07 Å². The van der Waals surface area contributed by atoms with Crippen LogP contribution in [0.5, 0.6) is 0 Å². The van der Waals surface area contributed by atoms with E-state index in [1.165, 1.54) is 19.3 Å². The zero-order valence-corrected chi connectivity index (χ0v) is 6.77. The fraction of sp³-hybridized carbons (Fsp3) is 0.778. The standard InChI is InChI=1S/C9H16N/c1-3-5-6-7-9(4-2)8-10/h9H,2-7H2,1H3. The lowest BCUT2D eigenvalue weighted by molar-refractivity contribution is 0.553. The van der Waals surface area contributed by atoms with Gasteiger partial charge in [-0.3, -0.25) is 0 Å². The highest BCUT2D eigenvalue weighted by Crippen LogP contribution is 2.11. The number of rotatable bonds is 5. The predicted octanol–water partition coefficient (Wildman–Crippen LogP) is 2.93. The quantitative estimate of drug-likeness (QED) is 0.536. The molecule has 1 atom stereocenters. The molecule has 0 aliphatic carbocycles. The van der Waals surface area contributed by atoms with Crippen LogP contribution in [0.1, 0.15) is 39.0 Å². The molecule has 1 nitrogen and oxygen atoms in total. The van der Waals surface area contributed by atoms with Crippen LogP contribution in [0.4, 0.5) is 0 Å². The highest BCUT2D eigenvalue weighted by atomic mass is 14.3. The molecule has 0 bridgehead atoms. The zero-order valence-electron chi connectivity index (χ0n) is 6.77. The van der Waals surface area contributed by atoms with Crippen LogP contribution in [-0.4, -0.2) is 0 Å². The van der Waals surface area contributed by atoms with Crippen molar-refractivity contribution in [2.24, 2.45) is 5.92 Å². The Kier molecular flexibility index (Phi) is 6.27. The monoisotopic (exact) mass is 138 g/mol. The minimum Gasteiger partial charge on any atom is -0.198 e. The summed E-state index contributed by atoms with van der Waals surface area (Å²) in [6, 6.07) is 2.25. The molecule has 0 N–H and O–H groups in total. The van der Waals surface area contributed by atoms with Gasteiger partial charge in [0.15, 0.2) is 0 Å². The average Bonchev–Trinajstić information content (AvgIpc) is 1.99. The first-order chi connectivity index (χ1) is 4.85. The summed E-state index contributed by atoms with van der Waals surface area (Å²) >= 11 is 0. The first kappa shape index (κ1) is 9.49. The van der Waals surface area contributed by atoms with Gasteiger partial charge in [0.05, 0.1) is 6.07 Å². The summed E-state index contributed by atoms with van der Waals surface area (Å²) in [5.41, 5.74) is 0. The van der Waals surface area contributed by atoms with Crippen LogP contribution in [-0.2, 0) is 0 Å². The molecule has 0 saturated carbocycles. The van der Waals surface area contributed by atoms with Crippen LogP contribution >= 0.6 is 0 Å². The van der Waals surface area contributed by atoms with E-state index in [4.69, 9.17) is 5.26 Å². The van der Waals surface area contributed by atoms with Crippen LogP contribution < -0.4 is 0 Å². The Balaban J connectivity index is 3.20. The second-order valence-electron chi connectivity index (χ2n) is 2.61. The van der Waals surface area contributed by atoms with Gasteiger partial charge in [-0.25, -0.2) is 0 Å². The third-order valence-electron chi connectivity index (χ3n) is 1.69. The van der Waals surface area contributed by atoms with Crippen LogP contribution in [0, 0.1) is 24.2 Å². The minimum atomic E-state index is 0.201. The summed E-state index contributed by atoms with van der Waals surface area (Å²) in [4.78, 5) is 0. The summed E-state index contributed by atoms with van der Waals surface area (Å²) in [7, 11) is 0. The molecule has 0 aliphatic heterocycles. The fourth-order valence-electron chi connectivity index (χ4n) is 0.914. The molecule has 0 aliphatic rings. The van der Waals surface area contributed by atoms with Gasteiger partial charge in [0.1, 0.15) is 0 Å². The number of nitrogens with zero attached hydrogens (tertiary/aromatic N) is 1. The van der Waals surface area contributed by atoms with Crippen molar-refractivity contribution in [1.82, 2.24) is 0 Å². The second kappa shape index (κ2) is 6.61. The van der Waals surface area contributed by atoms with E-state index in [9.17, 15) is 0 Å². The Hall–Kier alpha value is -0.510. The molecule has 0 fully saturated rings. The van der Waals surface area contributed by atoms with Crippen LogP contribution in [0.25, 0.3) is 0 Å². The second-order valence-corrected chi connectivity index (χ2v) is 2.61. The van der Waals surface area contributed by atoms with E-state index < -0.39 is 0 Å². The molecule has 0 aromatic rings. The van der Waals surface area contributed by atoms with Crippen molar-refractivity contribution in [3.63, 3.8) is 0 Å².